The molecule has 0 spiro atoms. The lowest BCUT2D eigenvalue weighted by Gasteiger charge is -2.26. The highest BCUT2D eigenvalue weighted by Crippen LogP contribution is 2.22. The second kappa shape index (κ2) is 7.73. The number of hydrogen-bond acceptors (Lipinski definition) is 5. The monoisotopic (exact) mass is 293 g/mol. The minimum atomic E-state index is 0.153. The van der Waals surface area contributed by atoms with E-state index >= 15 is 0 Å². The molecule has 6 nitrogen and oxygen atoms in total. The molecule has 0 unspecified atom stereocenters. The second-order valence-corrected chi connectivity index (χ2v) is 4.89. The molecule has 1 aliphatic rings. The van der Waals surface area contributed by atoms with Crippen LogP contribution in [0, 0.1) is 0 Å². The second-order valence-electron chi connectivity index (χ2n) is 4.89. The zero-order chi connectivity index (χ0) is 15.1. The lowest BCUT2D eigenvalue weighted by molar-refractivity contribution is -0.134. The number of morpholine rings is 1. The highest BCUT2D eigenvalue weighted by atomic mass is 16.5. The highest BCUT2D eigenvalue weighted by Gasteiger charge is 2.15. The number of rotatable bonds is 6. The van der Waals surface area contributed by atoms with Crippen molar-refractivity contribution in [1.29, 1.82) is 0 Å². The Balaban J connectivity index is 1.81. The molecule has 1 saturated heterocycles. The van der Waals surface area contributed by atoms with Crippen molar-refractivity contribution in [2.45, 2.75) is 13.3 Å². The van der Waals surface area contributed by atoms with Crippen LogP contribution < -0.4 is 15.8 Å². The maximum absolute atomic E-state index is 12.0. The van der Waals surface area contributed by atoms with Crippen molar-refractivity contribution in [1.82, 2.24) is 4.90 Å². The zero-order valence-electron chi connectivity index (χ0n) is 12.4. The molecule has 1 aliphatic heterocycles. The summed E-state index contributed by atoms with van der Waals surface area (Å²) in [6.45, 7) is 5.73. The van der Waals surface area contributed by atoms with E-state index in [0.29, 0.717) is 51.6 Å². The van der Waals surface area contributed by atoms with Gasteiger partial charge in [-0.2, -0.15) is 0 Å². The van der Waals surface area contributed by atoms with E-state index in [1.807, 2.05) is 24.0 Å². The van der Waals surface area contributed by atoms with E-state index < -0.39 is 0 Å². The molecule has 6 heteroatoms. The van der Waals surface area contributed by atoms with Gasteiger partial charge in [0.15, 0.2) is 0 Å². The quantitative estimate of drug-likeness (QED) is 0.774. The molecule has 21 heavy (non-hydrogen) atoms. The predicted molar refractivity (Wildman–Crippen MR) is 82.5 cm³/mol. The van der Waals surface area contributed by atoms with Gasteiger partial charge in [-0.1, -0.05) is 0 Å². The van der Waals surface area contributed by atoms with Crippen molar-refractivity contribution in [3.63, 3.8) is 0 Å². The summed E-state index contributed by atoms with van der Waals surface area (Å²) < 4.78 is 10.7. The summed E-state index contributed by atoms with van der Waals surface area (Å²) in [5, 5.41) is 3.22. The number of carbonyl (C=O) groups excluding carboxylic acids is 1. The third-order valence-corrected chi connectivity index (χ3v) is 3.27. The number of carbonyl (C=O) groups is 1. The molecule has 1 amide bonds. The molecule has 2 rings (SSSR count). The van der Waals surface area contributed by atoms with Crippen LogP contribution in [0.3, 0.4) is 0 Å². The van der Waals surface area contributed by atoms with Crippen molar-refractivity contribution < 1.29 is 14.3 Å². The van der Waals surface area contributed by atoms with Gasteiger partial charge in [-0.25, -0.2) is 0 Å². The molecule has 0 aliphatic carbocycles. The largest absolute Gasteiger partial charge is 0.494 e. The smallest absolute Gasteiger partial charge is 0.224 e. The van der Waals surface area contributed by atoms with Crippen molar-refractivity contribution >= 4 is 17.3 Å². The highest BCUT2D eigenvalue weighted by molar-refractivity contribution is 5.77. The Morgan fingerprint density at radius 2 is 2.14 bits per heavy atom. The molecule has 0 radical (unpaired) electrons. The lowest BCUT2D eigenvalue weighted by Crippen LogP contribution is -2.41. The Kier molecular flexibility index (Phi) is 5.68. The van der Waals surface area contributed by atoms with Crippen LogP contribution >= 0.6 is 0 Å². The number of ether oxygens (including phenoxy) is 2. The van der Waals surface area contributed by atoms with Crippen LogP contribution in [0.15, 0.2) is 18.2 Å². The average molecular weight is 293 g/mol. The molecule has 1 aromatic carbocycles. The number of anilines is 2. The summed E-state index contributed by atoms with van der Waals surface area (Å²) >= 11 is 0. The van der Waals surface area contributed by atoms with Crippen LogP contribution in [-0.2, 0) is 9.53 Å². The molecule has 116 valence electrons. The Hall–Kier alpha value is -1.95. The molecular weight excluding hydrogens is 270 g/mol. The van der Waals surface area contributed by atoms with E-state index in [1.54, 1.807) is 6.07 Å². The minimum absolute atomic E-state index is 0.153. The van der Waals surface area contributed by atoms with E-state index in [2.05, 4.69) is 5.32 Å². The fraction of sp³-hybridized carbons (Fsp3) is 0.533. The topological polar surface area (TPSA) is 76.8 Å². The summed E-state index contributed by atoms with van der Waals surface area (Å²) in [5.74, 6) is 0.888. The van der Waals surface area contributed by atoms with E-state index in [-0.39, 0.29) is 5.91 Å². The Labute approximate surface area is 125 Å². The molecule has 0 bridgehead atoms. The van der Waals surface area contributed by atoms with Crippen LogP contribution in [0.25, 0.3) is 0 Å². The fourth-order valence-corrected chi connectivity index (χ4v) is 2.26. The standard InChI is InChI=1S/C15H23N3O3/c1-2-21-14-10-12(16)9-13(11-14)17-4-3-15(19)18-5-7-20-8-6-18/h9-11,17H,2-8,16H2,1H3. The first-order valence-corrected chi connectivity index (χ1v) is 7.32. The summed E-state index contributed by atoms with van der Waals surface area (Å²) in [6.07, 6.45) is 0.457. The Morgan fingerprint density at radius 3 is 2.86 bits per heavy atom. The number of amides is 1. The summed E-state index contributed by atoms with van der Waals surface area (Å²) in [5.41, 5.74) is 7.34. The zero-order valence-corrected chi connectivity index (χ0v) is 12.4. The van der Waals surface area contributed by atoms with E-state index in [9.17, 15) is 4.79 Å². The van der Waals surface area contributed by atoms with Gasteiger partial charge in [0.1, 0.15) is 5.75 Å². The number of nitrogens with one attached hydrogen (secondary N) is 1. The molecule has 3 N–H and O–H groups in total. The lowest BCUT2D eigenvalue weighted by atomic mass is 10.2. The molecular formula is C15H23N3O3. The van der Waals surface area contributed by atoms with Gasteiger partial charge >= 0.3 is 0 Å². The third-order valence-electron chi connectivity index (χ3n) is 3.27. The normalized spacial score (nSPS) is 14.8. The molecule has 1 fully saturated rings. The number of benzene rings is 1. The van der Waals surface area contributed by atoms with Crippen LogP contribution in [0.4, 0.5) is 11.4 Å². The first kappa shape index (κ1) is 15.4. The van der Waals surface area contributed by atoms with Gasteiger partial charge in [-0.3, -0.25) is 4.79 Å². The van der Waals surface area contributed by atoms with Crippen molar-refractivity contribution in [2.75, 3.05) is 50.5 Å². The number of nitrogen functional groups attached to an aromatic ring is 1. The van der Waals surface area contributed by atoms with Crippen LogP contribution in [0.2, 0.25) is 0 Å². The van der Waals surface area contributed by atoms with Gasteiger partial charge in [-0.05, 0) is 13.0 Å². The fourth-order valence-electron chi connectivity index (χ4n) is 2.26. The van der Waals surface area contributed by atoms with Gasteiger partial charge in [-0.15, -0.1) is 0 Å². The van der Waals surface area contributed by atoms with E-state index in [1.165, 1.54) is 0 Å². The first-order chi connectivity index (χ1) is 10.2. The van der Waals surface area contributed by atoms with Gasteiger partial charge in [0.25, 0.3) is 0 Å². The van der Waals surface area contributed by atoms with Gasteiger partial charge in [0.2, 0.25) is 5.91 Å². The van der Waals surface area contributed by atoms with Crippen LogP contribution in [0.1, 0.15) is 13.3 Å². The Bertz CT molecular complexity index is 473. The summed E-state index contributed by atoms with van der Waals surface area (Å²) in [6, 6.07) is 5.51. The van der Waals surface area contributed by atoms with Crippen molar-refractivity contribution in [3.8, 4) is 5.75 Å². The predicted octanol–water partition coefficient (Wildman–Crippen LogP) is 1.33. The average Bonchev–Trinajstić information content (AvgIpc) is 2.48. The summed E-state index contributed by atoms with van der Waals surface area (Å²) in [7, 11) is 0. The number of hydrogen-bond donors (Lipinski definition) is 2. The molecule has 1 aromatic rings. The molecule has 0 atom stereocenters. The molecule has 0 saturated carbocycles. The third kappa shape index (κ3) is 4.82. The van der Waals surface area contributed by atoms with Crippen molar-refractivity contribution in [3.05, 3.63) is 18.2 Å². The number of nitrogens with zero attached hydrogens (tertiary/aromatic N) is 1. The maximum atomic E-state index is 12.0. The van der Waals surface area contributed by atoms with Gasteiger partial charge in [0, 0.05) is 49.6 Å². The van der Waals surface area contributed by atoms with Gasteiger partial charge in [0.05, 0.1) is 19.8 Å². The Morgan fingerprint density at radius 1 is 1.38 bits per heavy atom. The minimum Gasteiger partial charge on any atom is -0.494 e. The summed E-state index contributed by atoms with van der Waals surface area (Å²) in [4.78, 5) is 13.8. The first-order valence-electron chi connectivity index (χ1n) is 7.32. The SMILES string of the molecule is CCOc1cc(N)cc(NCCC(=O)N2CCOCC2)c1. The molecule has 0 aromatic heterocycles. The van der Waals surface area contributed by atoms with Crippen molar-refractivity contribution in [2.24, 2.45) is 0 Å². The van der Waals surface area contributed by atoms with Crippen LogP contribution in [-0.4, -0.2) is 50.3 Å². The number of nitrogens with two attached hydrogens (primary N) is 1. The van der Waals surface area contributed by atoms with Crippen LogP contribution in [0.5, 0.6) is 5.75 Å². The van der Waals surface area contributed by atoms with Gasteiger partial charge < -0.3 is 25.4 Å². The van der Waals surface area contributed by atoms with E-state index in [4.69, 9.17) is 15.2 Å². The maximum Gasteiger partial charge on any atom is 0.224 e. The molecule has 1 heterocycles. The van der Waals surface area contributed by atoms with E-state index in [0.717, 1.165) is 11.4 Å².